The summed E-state index contributed by atoms with van der Waals surface area (Å²) in [7, 11) is -4.15. The van der Waals surface area contributed by atoms with Gasteiger partial charge in [0.2, 0.25) is 26.6 Å². The molecule has 32 heavy (non-hydrogen) atoms. The fourth-order valence-electron chi connectivity index (χ4n) is 3.23. The summed E-state index contributed by atoms with van der Waals surface area (Å²) < 4.78 is 63.1. The predicted octanol–water partition coefficient (Wildman–Crippen LogP) is 4.29. The first-order valence-corrected chi connectivity index (χ1v) is 11.2. The van der Waals surface area contributed by atoms with Crippen molar-refractivity contribution in [1.29, 1.82) is 0 Å². The number of anilines is 1. The fourth-order valence-corrected chi connectivity index (χ4v) is 4.53. The van der Waals surface area contributed by atoms with Crippen LogP contribution in [0.3, 0.4) is 0 Å². The van der Waals surface area contributed by atoms with Gasteiger partial charge in [0.25, 0.3) is 0 Å². The first-order chi connectivity index (χ1) is 15.5. The topological polar surface area (TPSA) is 104 Å². The highest BCUT2D eigenvalue weighted by molar-refractivity contribution is 7.91. The van der Waals surface area contributed by atoms with Crippen LogP contribution in [0, 0.1) is 5.82 Å². The summed E-state index contributed by atoms with van der Waals surface area (Å²) >= 11 is 0. The minimum Gasteiger partial charge on any atom is -0.486 e. The average Bonchev–Trinajstić information content (AvgIpc) is 3.48. The number of aromatic nitrogens is 1. The van der Waals surface area contributed by atoms with Crippen LogP contribution in [0.1, 0.15) is 5.76 Å². The summed E-state index contributed by atoms with van der Waals surface area (Å²) in [6.45, 7) is 0.839. The maximum absolute atomic E-state index is 14.3. The van der Waals surface area contributed by atoms with Crippen molar-refractivity contribution < 1.29 is 31.1 Å². The lowest BCUT2D eigenvalue weighted by molar-refractivity contribution is 0.171. The van der Waals surface area contributed by atoms with Gasteiger partial charge in [0.05, 0.1) is 23.3 Å². The number of furan rings is 1. The molecular weight excluding hydrogens is 439 g/mol. The van der Waals surface area contributed by atoms with Gasteiger partial charge in [-0.2, -0.15) is 4.98 Å². The van der Waals surface area contributed by atoms with Crippen LogP contribution < -0.4 is 14.8 Å². The van der Waals surface area contributed by atoms with E-state index >= 15 is 0 Å². The molecule has 5 rings (SSSR count). The van der Waals surface area contributed by atoms with E-state index in [1.165, 1.54) is 42.7 Å². The zero-order chi connectivity index (χ0) is 22.1. The summed E-state index contributed by atoms with van der Waals surface area (Å²) in [4.78, 5) is 4.08. The van der Waals surface area contributed by atoms with Crippen LogP contribution in [0.2, 0.25) is 0 Å². The first-order valence-electron chi connectivity index (χ1n) is 9.69. The van der Waals surface area contributed by atoms with Crippen molar-refractivity contribution in [3.05, 3.63) is 72.4 Å². The minimum atomic E-state index is -4.15. The number of ether oxygens (including phenoxy) is 2. The zero-order valence-corrected chi connectivity index (χ0v) is 17.4. The predicted molar refractivity (Wildman–Crippen MR) is 111 cm³/mol. The first kappa shape index (κ1) is 20.1. The third kappa shape index (κ3) is 3.69. The van der Waals surface area contributed by atoms with Gasteiger partial charge in [0.15, 0.2) is 11.5 Å². The fraction of sp³-hybridized carbons (Fsp3) is 0.136. The number of fused-ring (bicyclic) bond motifs is 1. The molecule has 1 N–H and O–H groups in total. The smallest absolute Gasteiger partial charge is 0.234 e. The normalized spacial score (nSPS) is 13.2. The summed E-state index contributed by atoms with van der Waals surface area (Å²) in [5.74, 6) is 0.445. The Labute approximate surface area is 182 Å². The maximum Gasteiger partial charge on any atom is 0.234 e. The van der Waals surface area contributed by atoms with E-state index in [0.717, 1.165) is 0 Å². The number of benzene rings is 2. The molecule has 0 saturated carbocycles. The number of nitrogens with zero attached hydrogens (tertiary/aromatic N) is 1. The number of hydrogen-bond acceptors (Lipinski definition) is 8. The monoisotopic (exact) mass is 456 g/mol. The number of halogens is 1. The van der Waals surface area contributed by atoms with Gasteiger partial charge in [-0.05, 0) is 36.4 Å². The number of nitrogens with one attached hydrogen (secondary N) is 1. The van der Waals surface area contributed by atoms with Crippen molar-refractivity contribution in [1.82, 2.24) is 4.98 Å². The molecule has 0 unspecified atom stereocenters. The Kier molecular flexibility index (Phi) is 5.06. The van der Waals surface area contributed by atoms with Gasteiger partial charge in [-0.1, -0.05) is 12.1 Å². The second-order valence-electron chi connectivity index (χ2n) is 6.87. The van der Waals surface area contributed by atoms with Crippen molar-refractivity contribution >= 4 is 15.7 Å². The Balaban J connectivity index is 1.58. The van der Waals surface area contributed by atoms with E-state index in [2.05, 4.69) is 10.3 Å². The van der Waals surface area contributed by atoms with E-state index in [4.69, 9.17) is 18.3 Å². The van der Waals surface area contributed by atoms with Crippen LogP contribution in [0.5, 0.6) is 11.5 Å². The molecule has 0 atom stereocenters. The molecule has 0 fully saturated rings. The highest BCUT2D eigenvalue weighted by Gasteiger charge is 2.30. The van der Waals surface area contributed by atoms with Crippen LogP contribution >= 0.6 is 0 Å². The van der Waals surface area contributed by atoms with Crippen molar-refractivity contribution in [2.75, 3.05) is 18.5 Å². The number of rotatable bonds is 6. The molecule has 4 aromatic rings. The Bertz CT molecular complexity index is 1370. The summed E-state index contributed by atoms with van der Waals surface area (Å²) in [5.41, 5.74) is 0.0390. The zero-order valence-electron chi connectivity index (χ0n) is 16.6. The molecule has 0 aliphatic carbocycles. The van der Waals surface area contributed by atoms with Gasteiger partial charge >= 0.3 is 0 Å². The van der Waals surface area contributed by atoms with Gasteiger partial charge in [0, 0.05) is 6.07 Å². The summed E-state index contributed by atoms with van der Waals surface area (Å²) in [6.07, 6.45) is 1.50. The molecule has 0 bridgehead atoms. The Morgan fingerprint density at radius 3 is 2.59 bits per heavy atom. The van der Waals surface area contributed by atoms with E-state index in [9.17, 15) is 12.8 Å². The molecule has 8 nitrogen and oxygen atoms in total. The highest BCUT2D eigenvalue weighted by Crippen LogP contribution is 2.37. The quantitative estimate of drug-likeness (QED) is 0.458. The Morgan fingerprint density at radius 2 is 1.81 bits per heavy atom. The van der Waals surface area contributed by atoms with Crippen LogP contribution in [-0.2, 0) is 16.4 Å². The van der Waals surface area contributed by atoms with E-state index < -0.39 is 15.7 Å². The van der Waals surface area contributed by atoms with Gasteiger partial charge in [-0.25, -0.2) is 12.8 Å². The van der Waals surface area contributed by atoms with E-state index in [0.29, 0.717) is 30.5 Å². The van der Waals surface area contributed by atoms with Crippen molar-refractivity contribution in [3.8, 4) is 23.0 Å². The van der Waals surface area contributed by atoms with Gasteiger partial charge in [-0.3, -0.25) is 0 Å². The standard InChI is InChI=1S/C22H17FN2O6S/c23-17-6-2-1-5-16(17)20-25-22(21(31-20)24-13-14-4-3-9-28-14)32(26,27)15-7-8-18-19(12-15)30-11-10-29-18/h1-9,12,24H,10-11,13H2. The number of hydrogen-bond donors (Lipinski definition) is 1. The Hall–Kier alpha value is -3.79. The van der Waals surface area contributed by atoms with E-state index in [-0.39, 0.29) is 33.8 Å². The lowest BCUT2D eigenvalue weighted by atomic mass is 10.2. The largest absolute Gasteiger partial charge is 0.486 e. The molecule has 0 spiro atoms. The lowest BCUT2D eigenvalue weighted by Crippen LogP contribution is -2.16. The minimum absolute atomic E-state index is 0.0390. The molecule has 3 heterocycles. The third-order valence-corrected chi connectivity index (χ3v) is 6.44. The van der Waals surface area contributed by atoms with Crippen LogP contribution in [0.4, 0.5) is 10.3 Å². The molecular formula is C22H17FN2O6S. The van der Waals surface area contributed by atoms with Crippen LogP contribution in [0.15, 0.2) is 79.6 Å². The van der Waals surface area contributed by atoms with E-state index in [1.54, 1.807) is 18.2 Å². The van der Waals surface area contributed by atoms with Crippen molar-refractivity contribution in [3.63, 3.8) is 0 Å². The van der Waals surface area contributed by atoms with Gasteiger partial charge in [0.1, 0.15) is 24.8 Å². The van der Waals surface area contributed by atoms with Crippen molar-refractivity contribution in [2.45, 2.75) is 16.5 Å². The molecule has 0 saturated heterocycles. The summed E-state index contributed by atoms with van der Waals surface area (Å²) in [5, 5.41) is 2.51. The number of oxazole rings is 1. The molecule has 0 radical (unpaired) electrons. The SMILES string of the molecule is O=S(=O)(c1ccc2c(c1)OCCO2)c1nc(-c2ccccc2F)oc1NCc1ccco1. The number of sulfone groups is 1. The third-order valence-electron chi connectivity index (χ3n) is 4.78. The van der Waals surface area contributed by atoms with Crippen molar-refractivity contribution in [2.24, 2.45) is 0 Å². The molecule has 0 amide bonds. The van der Waals surface area contributed by atoms with Crippen LogP contribution in [-0.4, -0.2) is 26.6 Å². The van der Waals surface area contributed by atoms with Crippen LogP contribution in [0.25, 0.3) is 11.5 Å². The van der Waals surface area contributed by atoms with E-state index in [1.807, 2.05) is 0 Å². The second kappa shape index (κ2) is 8.04. The maximum atomic E-state index is 14.3. The second-order valence-corrected chi connectivity index (χ2v) is 8.74. The average molecular weight is 456 g/mol. The molecule has 1 aliphatic rings. The highest BCUT2D eigenvalue weighted by atomic mass is 32.2. The molecule has 2 aromatic carbocycles. The lowest BCUT2D eigenvalue weighted by Gasteiger charge is -2.18. The van der Waals surface area contributed by atoms with Gasteiger partial charge in [-0.15, -0.1) is 0 Å². The molecule has 164 valence electrons. The molecule has 1 aliphatic heterocycles. The molecule has 10 heteroatoms. The Morgan fingerprint density at radius 1 is 1.00 bits per heavy atom. The van der Waals surface area contributed by atoms with Gasteiger partial charge < -0.3 is 23.6 Å². The summed E-state index contributed by atoms with van der Waals surface area (Å²) in [6, 6.07) is 13.5. The molecule has 2 aromatic heterocycles.